The quantitative estimate of drug-likeness (QED) is 0.786. The van der Waals surface area contributed by atoms with Gasteiger partial charge in [-0.2, -0.15) is 0 Å². The number of nitrogens with one attached hydrogen (secondary N) is 2. The van der Waals surface area contributed by atoms with E-state index in [1.807, 2.05) is 5.32 Å². The summed E-state index contributed by atoms with van der Waals surface area (Å²) in [7, 11) is 0. The van der Waals surface area contributed by atoms with Crippen LogP contribution in [0.1, 0.15) is 31.3 Å². The van der Waals surface area contributed by atoms with E-state index in [0.29, 0.717) is 5.02 Å². The second-order valence-electron chi connectivity index (χ2n) is 5.78. The van der Waals surface area contributed by atoms with E-state index in [1.165, 1.54) is 25.1 Å². The highest BCUT2D eigenvalue weighted by molar-refractivity contribution is 6.31. The van der Waals surface area contributed by atoms with E-state index in [0.717, 1.165) is 6.07 Å². The Labute approximate surface area is 153 Å². The van der Waals surface area contributed by atoms with Gasteiger partial charge in [0.05, 0.1) is 5.39 Å². The molecule has 2 rings (SSSR count). The summed E-state index contributed by atoms with van der Waals surface area (Å²) >= 11 is 5.82. The van der Waals surface area contributed by atoms with Crippen molar-refractivity contribution in [3.8, 4) is 0 Å². The molecule has 1 atom stereocenters. The molecule has 2 aromatic rings. The van der Waals surface area contributed by atoms with Gasteiger partial charge in [0, 0.05) is 17.1 Å². The molecule has 1 aromatic heterocycles. The van der Waals surface area contributed by atoms with E-state index in [9.17, 15) is 19.2 Å². The zero-order valence-corrected chi connectivity index (χ0v) is 15.0. The van der Waals surface area contributed by atoms with Gasteiger partial charge in [-0.05, 0) is 39.0 Å². The van der Waals surface area contributed by atoms with Gasteiger partial charge in [0.1, 0.15) is 5.58 Å². The monoisotopic (exact) mass is 380 g/mol. The minimum atomic E-state index is -1.27. The minimum Gasteiger partial charge on any atom is -0.449 e. The van der Waals surface area contributed by atoms with Crippen LogP contribution >= 0.6 is 11.6 Å². The molecule has 0 aliphatic carbocycles. The van der Waals surface area contributed by atoms with Gasteiger partial charge in [-0.1, -0.05) is 11.6 Å². The Morgan fingerprint density at radius 3 is 2.50 bits per heavy atom. The third-order valence-electron chi connectivity index (χ3n) is 3.20. The Morgan fingerprint density at radius 2 is 1.85 bits per heavy atom. The van der Waals surface area contributed by atoms with Crippen LogP contribution in [0.15, 0.2) is 33.5 Å². The summed E-state index contributed by atoms with van der Waals surface area (Å²) in [6.07, 6.45) is -1.27. The number of rotatable bonds is 4. The summed E-state index contributed by atoms with van der Waals surface area (Å²) in [6.45, 7) is 4.74. The van der Waals surface area contributed by atoms with Crippen molar-refractivity contribution >= 4 is 40.5 Å². The molecule has 0 saturated heterocycles. The third kappa shape index (κ3) is 4.82. The fourth-order valence-corrected chi connectivity index (χ4v) is 2.19. The van der Waals surface area contributed by atoms with Crippen molar-refractivity contribution in [3.63, 3.8) is 0 Å². The Hall–Kier alpha value is -2.87. The third-order valence-corrected chi connectivity index (χ3v) is 3.43. The summed E-state index contributed by atoms with van der Waals surface area (Å²) in [5.41, 5.74) is -0.323. The van der Waals surface area contributed by atoms with Crippen molar-refractivity contribution in [3.05, 3.63) is 45.3 Å². The Bertz CT molecular complexity index is 921. The number of benzene rings is 1. The number of esters is 1. The van der Waals surface area contributed by atoms with E-state index in [4.69, 9.17) is 20.8 Å². The number of amides is 3. The fraction of sp³-hybridized carbons (Fsp3) is 0.294. The minimum absolute atomic E-state index is 0.155. The van der Waals surface area contributed by atoms with Gasteiger partial charge in [0.15, 0.2) is 11.5 Å². The molecule has 0 unspecified atom stereocenters. The number of imide groups is 1. The molecule has 0 aliphatic heterocycles. The number of ether oxygens (including phenoxy) is 1. The van der Waals surface area contributed by atoms with Crippen LogP contribution in [-0.4, -0.2) is 30.1 Å². The van der Waals surface area contributed by atoms with Crippen LogP contribution in [-0.2, 0) is 9.53 Å². The highest BCUT2D eigenvalue weighted by Gasteiger charge is 2.23. The Kier molecular flexibility index (Phi) is 5.99. The van der Waals surface area contributed by atoms with E-state index in [2.05, 4.69) is 5.32 Å². The molecule has 9 heteroatoms. The average Bonchev–Trinajstić information content (AvgIpc) is 2.54. The van der Waals surface area contributed by atoms with Crippen molar-refractivity contribution in [1.29, 1.82) is 0 Å². The lowest BCUT2D eigenvalue weighted by Gasteiger charge is -2.14. The molecular formula is C17H17ClN2O6. The molecule has 2 N–H and O–H groups in total. The van der Waals surface area contributed by atoms with Crippen molar-refractivity contribution in [2.45, 2.75) is 32.9 Å². The van der Waals surface area contributed by atoms with Crippen LogP contribution in [0.3, 0.4) is 0 Å². The molecule has 0 spiro atoms. The largest absolute Gasteiger partial charge is 0.449 e. The van der Waals surface area contributed by atoms with Gasteiger partial charge < -0.3 is 14.5 Å². The number of urea groups is 1. The van der Waals surface area contributed by atoms with Gasteiger partial charge in [0.2, 0.25) is 5.76 Å². The molecule has 1 aromatic carbocycles. The van der Waals surface area contributed by atoms with E-state index < -0.39 is 29.4 Å². The second kappa shape index (κ2) is 8.01. The normalized spacial score (nSPS) is 11.9. The first-order chi connectivity index (χ1) is 12.2. The average molecular weight is 381 g/mol. The lowest BCUT2D eigenvalue weighted by molar-refractivity contribution is -0.128. The van der Waals surface area contributed by atoms with E-state index >= 15 is 0 Å². The topological polar surface area (TPSA) is 115 Å². The van der Waals surface area contributed by atoms with Crippen LogP contribution in [0.25, 0.3) is 11.0 Å². The maximum absolute atomic E-state index is 12.1. The van der Waals surface area contributed by atoms with Gasteiger partial charge in [-0.3, -0.25) is 14.9 Å². The van der Waals surface area contributed by atoms with E-state index in [1.54, 1.807) is 13.8 Å². The molecule has 3 amide bonds. The number of hydrogen-bond donors (Lipinski definition) is 2. The zero-order chi connectivity index (χ0) is 19.4. The standard InChI is InChI=1S/C17H17ClN2O6/c1-8(2)19-17(24)20-15(22)9(3)25-16(23)14-7-12(21)11-6-10(18)4-5-13(11)26-14/h4-9H,1-3H3,(H2,19,20,22,24)/t9-/m0/s1. The van der Waals surface area contributed by atoms with Crippen LogP contribution in [0, 0.1) is 0 Å². The summed E-state index contributed by atoms with van der Waals surface area (Å²) in [4.78, 5) is 47.5. The molecule has 1 heterocycles. The van der Waals surface area contributed by atoms with Crippen LogP contribution in [0.5, 0.6) is 0 Å². The molecule has 0 bridgehead atoms. The van der Waals surface area contributed by atoms with Crippen molar-refractivity contribution in [1.82, 2.24) is 10.6 Å². The number of carbonyl (C=O) groups is 3. The van der Waals surface area contributed by atoms with Gasteiger partial charge in [-0.15, -0.1) is 0 Å². The van der Waals surface area contributed by atoms with Gasteiger partial charge in [0.25, 0.3) is 5.91 Å². The SMILES string of the molecule is CC(C)NC(=O)NC(=O)[C@H](C)OC(=O)c1cc(=O)c2cc(Cl)ccc2o1. The van der Waals surface area contributed by atoms with Gasteiger partial charge >= 0.3 is 12.0 Å². The molecule has 0 radical (unpaired) electrons. The summed E-state index contributed by atoms with van der Waals surface area (Å²) in [6, 6.07) is 4.45. The second-order valence-corrected chi connectivity index (χ2v) is 6.22. The molecule has 8 nitrogen and oxygen atoms in total. The molecule has 26 heavy (non-hydrogen) atoms. The first-order valence-electron chi connectivity index (χ1n) is 7.73. The maximum Gasteiger partial charge on any atom is 0.375 e. The molecule has 0 saturated carbocycles. The summed E-state index contributed by atoms with van der Waals surface area (Å²) in [5, 5.41) is 5.07. The predicted molar refractivity (Wildman–Crippen MR) is 94.2 cm³/mol. The number of hydrogen-bond acceptors (Lipinski definition) is 6. The molecule has 138 valence electrons. The van der Waals surface area contributed by atoms with Crippen LogP contribution in [0.4, 0.5) is 4.79 Å². The van der Waals surface area contributed by atoms with Crippen molar-refractivity contribution in [2.24, 2.45) is 0 Å². The number of carbonyl (C=O) groups excluding carboxylic acids is 3. The highest BCUT2D eigenvalue weighted by atomic mass is 35.5. The Morgan fingerprint density at radius 1 is 1.15 bits per heavy atom. The Balaban J connectivity index is 2.10. The summed E-state index contributed by atoms with van der Waals surface area (Å²) < 4.78 is 10.3. The smallest absolute Gasteiger partial charge is 0.375 e. The van der Waals surface area contributed by atoms with E-state index in [-0.39, 0.29) is 22.8 Å². The molecule has 0 fully saturated rings. The molecule has 0 aliphatic rings. The van der Waals surface area contributed by atoms with Crippen molar-refractivity contribution in [2.75, 3.05) is 0 Å². The van der Waals surface area contributed by atoms with Crippen LogP contribution < -0.4 is 16.1 Å². The first-order valence-corrected chi connectivity index (χ1v) is 8.11. The van der Waals surface area contributed by atoms with Crippen molar-refractivity contribution < 1.29 is 23.5 Å². The zero-order valence-electron chi connectivity index (χ0n) is 14.3. The fourth-order valence-electron chi connectivity index (χ4n) is 2.01. The van der Waals surface area contributed by atoms with Gasteiger partial charge in [-0.25, -0.2) is 9.59 Å². The van der Waals surface area contributed by atoms with Crippen LogP contribution in [0.2, 0.25) is 5.02 Å². The highest BCUT2D eigenvalue weighted by Crippen LogP contribution is 2.18. The molecular weight excluding hydrogens is 364 g/mol. The lowest BCUT2D eigenvalue weighted by atomic mass is 10.2. The summed E-state index contributed by atoms with van der Waals surface area (Å²) in [5.74, 6) is -2.19. The maximum atomic E-state index is 12.1. The predicted octanol–water partition coefficient (Wildman–Crippen LogP) is 2.23. The first kappa shape index (κ1) is 19.5. The lowest BCUT2D eigenvalue weighted by Crippen LogP contribution is -2.46. The number of fused-ring (bicyclic) bond motifs is 1. The number of halogens is 1.